The molecule has 0 aliphatic carbocycles. The first kappa shape index (κ1) is 13.6. The van der Waals surface area contributed by atoms with Crippen LogP contribution < -0.4 is 0 Å². The van der Waals surface area contributed by atoms with Crippen molar-refractivity contribution in [3.05, 3.63) is 84.3 Å². The van der Waals surface area contributed by atoms with E-state index in [9.17, 15) is 0 Å². The Kier molecular flexibility index (Phi) is 3.53. The number of hydrogen-bond donors (Lipinski definition) is 0. The number of para-hydroxylation sites is 1. The first-order valence-corrected chi connectivity index (χ1v) is 7.61. The molecule has 1 aliphatic rings. The number of hydrogen-bond acceptors (Lipinski definition) is 3. The van der Waals surface area contributed by atoms with Crippen LogP contribution in [0.3, 0.4) is 0 Å². The Bertz CT molecular complexity index is 937. The van der Waals surface area contributed by atoms with Crippen LogP contribution >= 0.6 is 0 Å². The molecule has 1 aliphatic heterocycles. The predicted octanol–water partition coefficient (Wildman–Crippen LogP) is 4.53. The molecule has 3 nitrogen and oxygen atoms in total. The minimum Gasteiger partial charge on any atom is -0.253 e. The Morgan fingerprint density at radius 3 is 2.61 bits per heavy atom. The lowest BCUT2D eigenvalue weighted by Crippen LogP contribution is -1.90. The molecule has 0 amide bonds. The van der Waals surface area contributed by atoms with Crippen molar-refractivity contribution in [2.24, 2.45) is 4.99 Å². The lowest BCUT2D eigenvalue weighted by molar-refractivity contribution is 1.18. The van der Waals surface area contributed by atoms with Gasteiger partial charge >= 0.3 is 0 Å². The summed E-state index contributed by atoms with van der Waals surface area (Å²) in [5.74, 6) is 0.708. The van der Waals surface area contributed by atoms with Crippen LogP contribution in [0.2, 0.25) is 0 Å². The van der Waals surface area contributed by atoms with Crippen molar-refractivity contribution in [3.8, 4) is 0 Å². The molecule has 3 heteroatoms. The molecule has 0 radical (unpaired) electrons. The smallest absolute Gasteiger partial charge is 0.152 e. The van der Waals surface area contributed by atoms with Gasteiger partial charge in [0.1, 0.15) is 0 Å². The summed E-state index contributed by atoms with van der Waals surface area (Å²) in [7, 11) is 0. The summed E-state index contributed by atoms with van der Waals surface area (Å²) in [5.41, 5.74) is 4.17. The number of rotatable bonds is 3. The van der Waals surface area contributed by atoms with E-state index in [0.717, 1.165) is 34.3 Å². The van der Waals surface area contributed by atoms with Gasteiger partial charge in [0.25, 0.3) is 0 Å². The van der Waals surface area contributed by atoms with Gasteiger partial charge in [-0.3, -0.25) is 4.99 Å². The summed E-state index contributed by atoms with van der Waals surface area (Å²) in [6.45, 7) is 0. The van der Waals surface area contributed by atoms with Crippen molar-refractivity contribution < 1.29 is 0 Å². The minimum absolute atomic E-state index is 0.708. The molecule has 3 aromatic rings. The van der Waals surface area contributed by atoms with Crippen molar-refractivity contribution in [2.75, 3.05) is 0 Å². The van der Waals surface area contributed by atoms with Crippen LogP contribution in [0.4, 0.5) is 0 Å². The molecule has 0 saturated heterocycles. The second-order valence-electron chi connectivity index (χ2n) is 5.38. The van der Waals surface area contributed by atoms with Crippen LogP contribution in [-0.2, 0) is 0 Å². The number of fused-ring (bicyclic) bond motifs is 1. The zero-order valence-electron chi connectivity index (χ0n) is 12.6. The van der Waals surface area contributed by atoms with E-state index in [1.165, 1.54) is 0 Å². The van der Waals surface area contributed by atoms with Gasteiger partial charge in [-0.1, -0.05) is 54.6 Å². The molecule has 0 unspecified atom stereocenters. The van der Waals surface area contributed by atoms with Gasteiger partial charge in [0.05, 0.1) is 11.2 Å². The minimum atomic E-state index is 0.708. The molecule has 0 saturated carbocycles. The van der Waals surface area contributed by atoms with Gasteiger partial charge in [-0.2, -0.15) is 0 Å². The Hall–Kier alpha value is -3.07. The fourth-order valence-corrected chi connectivity index (χ4v) is 2.58. The normalized spacial score (nSPS) is 14.3. The average Bonchev–Trinajstić information content (AvgIpc) is 3.10. The fraction of sp³-hybridized carbons (Fsp3) is 0.0500. The van der Waals surface area contributed by atoms with E-state index in [1.54, 1.807) is 0 Å². The van der Waals surface area contributed by atoms with Gasteiger partial charge in [0.15, 0.2) is 5.82 Å². The van der Waals surface area contributed by atoms with Crippen molar-refractivity contribution in [1.29, 1.82) is 0 Å². The van der Waals surface area contributed by atoms with Crippen molar-refractivity contribution in [2.45, 2.75) is 6.42 Å². The second-order valence-corrected chi connectivity index (χ2v) is 5.38. The second kappa shape index (κ2) is 5.97. The molecule has 0 atom stereocenters. The molecule has 0 N–H and O–H groups in total. The number of nitrogens with zero attached hydrogens (tertiary/aromatic N) is 3. The van der Waals surface area contributed by atoms with E-state index in [4.69, 9.17) is 0 Å². The summed E-state index contributed by atoms with van der Waals surface area (Å²) in [6, 6.07) is 18.2. The van der Waals surface area contributed by atoms with Crippen LogP contribution in [0.25, 0.3) is 22.7 Å². The van der Waals surface area contributed by atoms with Gasteiger partial charge in [-0.15, -0.1) is 0 Å². The van der Waals surface area contributed by atoms with Crippen molar-refractivity contribution in [3.63, 3.8) is 0 Å². The molecule has 23 heavy (non-hydrogen) atoms. The van der Waals surface area contributed by atoms with Crippen LogP contribution in [0.1, 0.15) is 17.8 Å². The zero-order chi connectivity index (χ0) is 15.5. The van der Waals surface area contributed by atoms with E-state index >= 15 is 0 Å². The lowest BCUT2D eigenvalue weighted by atomic mass is 10.1. The quantitative estimate of drug-likeness (QED) is 0.712. The first-order chi connectivity index (χ1) is 11.4. The third-order valence-corrected chi connectivity index (χ3v) is 3.77. The van der Waals surface area contributed by atoms with Gasteiger partial charge in [-0.05, 0) is 23.8 Å². The highest BCUT2D eigenvalue weighted by atomic mass is 14.9. The lowest BCUT2D eigenvalue weighted by Gasteiger charge is -1.98. The first-order valence-electron chi connectivity index (χ1n) is 7.61. The number of aromatic nitrogens is 2. The molecule has 0 bridgehead atoms. The Balaban J connectivity index is 1.55. The summed E-state index contributed by atoms with van der Waals surface area (Å²) in [4.78, 5) is 13.6. The molecular formula is C20H15N3. The molecule has 2 heterocycles. The maximum absolute atomic E-state index is 4.67. The Morgan fingerprint density at radius 2 is 1.70 bits per heavy atom. The highest BCUT2D eigenvalue weighted by Crippen LogP contribution is 2.22. The number of benzene rings is 2. The van der Waals surface area contributed by atoms with Crippen molar-refractivity contribution >= 4 is 28.4 Å². The highest BCUT2D eigenvalue weighted by molar-refractivity contribution is 6.05. The number of aliphatic imine (C=N–C) groups is 1. The molecule has 2 aromatic carbocycles. The standard InChI is InChI=1S/C20H15N3/c1-2-6-15(7-3-1)19-12-10-17(22-19)11-13-20-21-14-16-8-4-5-9-18(16)23-20/h1-9,11-14H,10H2/b13-11+. The maximum atomic E-state index is 4.67. The van der Waals surface area contributed by atoms with E-state index in [1.807, 2.05) is 60.8 Å². The summed E-state index contributed by atoms with van der Waals surface area (Å²) >= 11 is 0. The van der Waals surface area contributed by atoms with Crippen molar-refractivity contribution in [1.82, 2.24) is 9.97 Å². The monoisotopic (exact) mass is 297 g/mol. The predicted molar refractivity (Wildman–Crippen MR) is 95.0 cm³/mol. The molecule has 1 aromatic heterocycles. The van der Waals surface area contributed by atoms with E-state index in [0.29, 0.717) is 5.82 Å². The molecule has 110 valence electrons. The third-order valence-electron chi connectivity index (χ3n) is 3.77. The largest absolute Gasteiger partial charge is 0.253 e. The van der Waals surface area contributed by atoms with Gasteiger partial charge in [0.2, 0.25) is 0 Å². The Morgan fingerprint density at radius 1 is 0.870 bits per heavy atom. The third kappa shape index (κ3) is 2.94. The van der Waals surface area contributed by atoms with Gasteiger partial charge < -0.3 is 0 Å². The van der Waals surface area contributed by atoms with Gasteiger partial charge in [0, 0.05) is 23.7 Å². The highest BCUT2D eigenvalue weighted by Gasteiger charge is 2.07. The maximum Gasteiger partial charge on any atom is 0.152 e. The Labute approximate surface area is 134 Å². The van der Waals surface area contributed by atoms with Crippen LogP contribution in [-0.4, -0.2) is 15.7 Å². The van der Waals surface area contributed by atoms with Crippen LogP contribution in [0, 0.1) is 0 Å². The van der Waals surface area contributed by atoms with E-state index < -0.39 is 0 Å². The zero-order valence-corrected chi connectivity index (χ0v) is 12.6. The fourth-order valence-electron chi connectivity index (χ4n) is 2.58. The number of allylic oxidation sites excluding steroid dienone is 2. The van der Waals surface area contributed by atoms with Crippen LogP contribution in [0.5, 0.6) is 0 Å². The summed E-state index contributed by atoms with van der Waals surface area (Å²) in [6.07, 6.45) is 8.76. The van der Waals surface area contributed by atoms with E-state index in [2.05, 4.69) is 33.2 Å². The topological polar surface area (TPSA) is 38.1 Å². The van der Waals surface area contributed by atoms with Gasteiger partial charge in [-0.25, -0.2) is 9.97 Å². The molecular weight excluding hydrogens is 282 g/mol. The SMILES string of the molecule is C1=C(c2ccccc2)N=C(/C=C/c2ncc3ccccc3n2)C1. The summed E-state index contributed by atoms with van der Waals surface area (Å²) < 4.78 is 0. The van der Waals surface area contributed by atoms with E-state index in [-0.39, 0.29) is 0 Å². The molecule has 0 fully saturated rings. The van der Waals surface area contributed by atoms with Crippen LogP contribution in [0.15, 0.2) is 77.9 Å². The summed E-state index contributed by atoms with van der Waals surface area (Å²) in [5, 5.41) is 1.05. The molecule has 0 spiro atoms. The average molecular weight is 297 g/mol. The molecule has 4 rings (SSSR count).